The van der Waals surface area contributed by atoms with Crippen LogP contribution in [0.4, 0.5) is 0 Å². The smallest absolute Gasteiger partial charge is 0.244 e. The van der Waals surface area contributed by atoms with Crippen molar-refractivity contribution in [1.82, 2.24) is 10.3 Å². The van der Waals surface area contributed by atoms with Crippen molar-refractivity contribution in [1.29, 1.82) is 0 Å². The lowest BCUT2D eigenvalue weighted by Gasteiger charge is -2.07. The van der Waals surface area contributed by atoms with Crippen molar-refractivity contribution in [3.05, 3.63) is 53.7 Å². The Bertz CT molecular complexity index is 759. The highest BCUT2D eigenvalue weighted by Crippen LogP contribution is 2.24. The van der Waals surface area contributed by atoms with Crippen LogP contribution in [0.2, 0.25) is 0 Å². The van der Waals surface area contributed by atoms with E-state index in [9.17, 15) is 4.79 Å². The summed E-state index contributed by atoms with van der Waals surface area (Å²) in [4.78, 5) is 16.2. The van der Waals surface area contributed by atoms with E-state index in [-0.39, 0.29) is 5.91 Å². The molecular weight excluding hydrogens is 348 g/mol. The molecule has 1 N–H and O–H groups in total. The summed E-state index contributed by atoms with van der Waals surface area (Å²) in [5.74, 6) is 1.65. The predicted molar refractivity (Wildman–Crippen MR) is 102 cm³/mol. The van der Waals surface area contributed by atoms with Crippen molar-refractivity contribution in [3.63, 3.8) is 0 Å². The fourth-order valence-electron chi connectivity index (χ4n) is 2.21. The van der Waals surface area contributed by atoms with Gasteiger partial charge in [0.15, 0.2) is 0 Å². The van der Waals surface area contributed by atoms with Gasteiger partial charge in [0.25, 0.3) is 0 Å². The van der Waals surface area contributed by atoms with Crippen molar-refractivity contribution in [2.24, 2.45) is 0 Å². The maximum atomic E-state index is 12.1. The fraction of sp³-hybridized carbons (Fsp3) is 0.300. The van der Waals surface area contributed by atoms with E-state index in [4.69, 9.17) is 18.9 Å². The Morgan fingerprint density at radius 3 is 2.63 bits per heavy atom. The Hall–Kier alpha value is -3.06. The maximum Gasteiger partial charge on any atom is 0.244 e. The average molecular weight is 372 g/mol. The lowest BCUT2D eigenvalue weighted by Crippen LogP contribution is -2.20. The van der Waals surface area contributed by atoms with E-state index in [0.29, 0.717) is 37.1 Å². The minimum absolute atomic E-state index is 0.222. The van der Waals surface area contributed by atoms with Gasteiger partial charge < -0.3 is 24.3 Å². The van der Waals surface area contributed by atoms with E-state index < -0.39 is 0 Å². The molecule has 0 saturated heterocycles. The molecule has 2 rings (SSSR count). The number of carbonyl (C=O) groups is 1. The molecule has 0 saturated carbocycles. The van der Waals surface area contributed by atoms with Gasteiger partial charge in [0, 0.05) is 37.6 Å². The number of hydrogen-bond donors (Lipinski definition) is 1. The quantitative estimate of drug-likeness (QED) is 0.510. The van der Waals surface area contributed by atoms with Crippen molar-refractivity contribution in [2.75, 3.05) is 34.5 Å². The fourth-order valence-corrected chi connectivity index (χ4v) is 2.21. The van der Waals surface area contributed by atoms with Gasteiger partial charge in [0.1, 0.15) is 18.1 Å². The third kappa shape index (κ3) is 6.63. The van der Waals surface area contributed by atoms with Crippen LogP contribution in [0.5, 0.6) is 17.4 Å². The largest absolute Gasteiger partial charge is 0.497 e. The normalized spacial score (nSPS) is 10.6. The zero-order chi connectivity index (χ0) is 19.5. The first kappa shape index (κ1) is 20.3. The summed E-state index contributed by atoms with van der Waals surface area (Å²) >= 11 is 0. The minimum Gasteiger partial charge on any atom is -0.497 e. The number of hydrogen-bond acceptors (Lipinski definition) is 6. The Balaban J connectivity index is 1.88. The Kier molecular flexibility index (Phi) is 8.12. The van der Waals surface area contributed by atoms with Gasteiger partial charge >= 0.3 is 0 Å². The van der Waals surface area contributed by atoms with Gasteiger partial charge in [-0.3, -0.25) is 4.79 Å². The molecule has 144 valence electrons. The van der Waals surface area contributed by atoms with Crippen molar-refractivity contribution >= 4 is 12.0 Å². The van der Waals surface area contributed by atoms with Gasteiger partial charge in [0.05, 0.1) is 20.8 Å². The van der Waals surface area contributed by atoms with Gasteiger partial charge in [-0.2, -0.15) is 0 Å². The third-order valence-corrected chi connectivity index (χ3v) is 3.65. The Labute approximate surface area is 158 Å². The van der Waals surface area contributed by atoms with E-state index in [1.165, 1.54) is 6.08 Å². The molecule has 1 amide bonds. The molecule has 0 spiro atoms. The number of pyridine rings is 1. The van der Waals surface area contributed by atoms with Crippen LogP contribution in [0, 0.1) is 0 Å². The van der Waals surface area contributed by atoms with Gasteiger partial charge in [0.2, 0.25) is 11.8 Å². The van der Waals surface area contributed by atoms with E-state index in [1.54, 1.807) is 57.9 Å². The molecule has 0 bridgehead atoms. The van der Waals surface area contributed by atoms with Crippen molar-refractivity contribution in [3.8, 4) is 17.4 Å². The van der Waals surface area contributed by atoms with Gasteiger partial charge in [-0.1, -0.05) is 6.07 Å². The van der Waals surface area contributed by atoms with Crippen molar-refractivity contribution in [2.45, 2.75) is 6.54 Å². The van der Waals surface area contributed by atoms with Crippen LogP contribution in [-0.4, -0.2) is 45.4 Å². The number of rotatable bonds is 10. The molecule has 0 aliphatic rings. The minimum atomic E-state index is -0.222. The van der Waals surface area contributed by atoms with Gasteiger partial charge in [-0.25, -0.2) is 4.98 Å². The average Bonchev–Trinajstić information content (AvgIpc) is 2.71. The van der Waals surface area contributed by atoms with Gasteiger partial charge in [-0.05, 0) is 29.8 Å². The number of nitrogens with zero attached hydrogens (tertiary/aromatic N) is 1. The van der Waals surface area contributed by atoms with E-state index in [2.05, 4.69) is 10.3 Å². The number of carbonyl (C=O) groups excluding carboxylic acids is 1. The standard InChI is InChI=1S/C20H24N2O5/c1-24-10-11-27-20-9-4-15(14-22-20)13-21-19(23)8-5-16-12-17(25-2)6-7-18(16)26-3/h4-9,12,14H,10-11,13H2,1-3H3,(H,21,23)/b8-5+. The molecule has 7 nitrogen and oxygen atoms in total. The number of benzene rings is 1. The molecule has 27 heavy (non-hydrogen) atoms. The molecule has 2 aromatic rings. The molecule has 0 unspecified atom stereocenters. The molecule has 0 fully saturated rings. The summed E-state index contributed by atoms with van der Waals surface area (Å²) in [5.41, 5.74) is 1.63. The summed E-state index contributed by atoms with van der Waals surface area (Å²) in [5, 5.41) is 2.81. The zero-order valence-electron chi connectivity index (χ0n) is 15.7. The van der Waals surface area contributed by atoms with Crippen LogP contribution < -0.4 is 19.5 Å². The number of ether oxygens (including phenoxy) is 4. The van der Waals surface area contributed by atoms with E-state index in [0.717, 1.165) is 11.1 Å². The first-order chi connectivity index (χ1) is 13.2. The SMILES string of the molecule is COCCOc1ccc(CNC(=O)/C=C/c2cc(OC)ccc2OC)cn1. The summed E-state index contributed by atoms with van der Waals surface area (Å²) < 4.78 is 20.8. The summed E-state index contributed by atoms with van der Waals surface area (Å²) in [6, 6.07) is 9.00. The maximum absolute atomic E-state index is 12.1. The summed E-state index contributed by atoms with van der Waals surface area (Å²) in [6.07, 6.45) is 4.80. The second-order valence-corrected chi connectivity index (χ2v) is 5.50. The number of amides is 1. The van der Waals surface area contributed by atoms with Crippen LogP contribution >= 0.6 is 0 Å². The molecule has 0 atom stereocenters. The Morgan fingerprint density at radius 2 is 1.96 bits per heavy atom. The monoisotopic (exact) mass is 372 g/mol. The number of methoxy groups -OCH3 is 3. The highest BCUT2D eigenvalue weighted by atomic mass is 16.5. The van der Waals surface area contributed by atoms with Crippen LogP contribution in [-0.2, 0) is 16.1 Å². The van der Waals surface area contributed by atoms with Crippen LogP contribution in [0.15, 0.2) is 42.6 Å². The van der Waals surface area contributed by atoms with Gasteiger partial charge in [-0.15, -0.1) is 0 Å². The molecule has 1 aromatic carbocycles. The molecule has 0 aliphatic carbocycles. The third-order valence-electron chi connectivity index (χ3n) is 3.65. The van der Waals surface area contributed by atoms with Crippen LogP contribution in [0.1, 0.15) is 11.1 Å². The number of nitrogens with one attached hydrogen (secondary N) is 1. The van der Waals surface area contributed by atoms with E-state index in [1.807, 2.05) is 6.07 Å². The molecule has 7 heteroatoms. The van der Waals surface area contributed by atoms with E-state index >= 15 is 0 Å². The van der Waals surface area contributed by atoms with Crippen molar-refractivity contribution < 1.29 is 23.7 Å². The summed E-state index contributed by atoms with van der Waals surface area (Å²) in [6.45, 7) is 1.31. The highest BCUT2D eigenvalue weighted by molar-refractivity contribution is 5.92. The Morgan fingerprint density at radius 1 is 1.11 bits per heavy atom. The lowest BCUT2D eigenvalue weighted by atomic mass is 10.1. The second kappa shape index (κ2) is 10.8. The second-order valence-electron chi connectivity index (χ2n) is 5.50. The first-order valence-electron chi connectivity index (χ1n) is 8.41. The lowest BCUT2D eigenvalue weighted by molar-refractivity contribution is -0.116. The van der Waals surface area contributed by atoms with Crippen LogP contribution in [0.3, 0.4) is 0 Å². The molecule has 1 heterocycles. The zero-order valence-corrected chi connectivity index (χ0v) is 15.7. The highest BCUT2D eigenvalue weighted by Gasteiger charge is 2.04. The predicted octanol–water partition coefficient (Wildman–Crippen LogP) is 2.45. The number of aromatic nitrogens is 1. The molecule has 0 aliphatic heterocycles. The molecule has 0 radical (unpaired) electrons. The summed E-state index contributed by atoms with van der Waals surface area (Å²) in [7, 11) is 4.78. The van der Waals surface area contributed by atoms with Crippen LogP contribution in [0.25, 0.3) is 6.08 Å². The topological polar surface area (TPSA) is 78.9 Å². The molecule has 1 aromatic heterocycles. The first-order valence-corrected chi connectivity index (χ1v) is 8.41. The molecular formula is C20H24N2O5.